The highest BCUT2D eigenvalue weighted by molar-refractivity contribution is 6.03. The monoisotopic (exact) mass is 204 g/mol. The molecule has 0 spiro atoms. The van der Waals surface area contributed by atoms with Crippen LogP contribution in [0.1, 0.15) is 35.7 Å². The summed E-state index contributed by atoms with van der Waals surface area (Å²) in [4.78, 5) is 15.2. The quantitative estimate of drug-likeness (QED) is 0.813. The van der Waals surface area contributed by atoms with Crippen molar-refractivity contribution in [1.82, 2.24) is 4.98 Å². The van der Waals surface area contributed by atoms with E-state index in [1.54, 1.807) is 6.20 Å². The van der Waals surface area contributed by atoms with E-state index >= 15 is 0 Å². The van der Waals surface area contributed by atoms with E-state index in [0.717, 1.165) is 5.56 Å². The molecule has 0 aliphatic rings. The minimum absolute atomic E-state index is 0.334. The van der Waals surface area contributed by atoms with E-state index in [2.05, 4.69) is 18.8 Å². The van der Waals surface area contributed by atoms with Gasteiger partial charge in [-0.3, -0.25) is 9.78 Å². The number of nitrogens with zero attached hydrogens (tertiary/aromatic N) is 1. The van der Waals surface area contributed by atoms with Gasteiger partial charge in [-0.15, -0.1) is 0 Å². The van der Waals surface area contributed by atoms with Crippen LogP contribution in [0.2, 0.25) is 0 Å². The Balaban J connectivity index is 2.61. The number of furan rings is 1. The number of fused-ring (bicyclic) bond motifs is 1. The van der Waals surface area contributed by atoms with Crippen LogP contribution in [0.25, 0.3) is 11.1 Å². The minimum Gasteiger partial charge on any atom is -0.462 e. The Bertz CT molecular complexity index is 514. The predicted octanol–water partition coefficient (Wildman–Crippen LogP) is 2.05. The zero-order chi connectivity index (χ0) is 11.0. The summed E-state index contributed by atoms with van der Waals surface area (Å²) in [6, 6.07) is 1.89. The van der Waals surface area contributed by atoms with Crippen LogP contribution < -0.4 is 5.73 Å². The van der Waals surface area contributed by atoms with Crippen LogP contribution in [0.5, 0.6) is 0 Å². The molecule has 4 nitrogen and oxygen atoms in total. The molecule has 0 aromatic carbocycles. The van der Waals surface area contributed by atoms with Crippen LogP contribution in [0.4, 0.5) is 0 Å². The van der Waals surface area contributed by atoms with E-state index in [0.29, 0.717) is 22.6 Å². The van der Waals surface area contributed by atoms with Crippen LogP contribution in [0, 0.1) is 0 Å². The van der Waals surface area contributed by atoms with Crippen LogP contribution in [0.15, 0.2) is 22.9 Å². The molecule has 0 saturated heterocycles. The molecule has 2 heterocycles. The second kappa shape index (κ2) is 3.38. The van der Waals surface area contributed by atoms with Crippen molar-refractivity contribution < 1.29 is 9.21 Å². The summed E-state index contributed by atoms with van der Waals surface area (Å²) < 4.78 is 5.24. The lowest BCUT2D eigenvalue weighted by molar-refractivity contribution is 0.100. The van der Waals surface area contributed by atoms with Crippen LogP contribution in [-0.2, 0) is 0 Å². The first-order chi connectivity index (χ1) is 7.09. The first-order valence-electron chi connectivity index (χ1n) is 4.76. The Kier molecular flexibility index (Phi) is 2.19. The van der Waals surface area contributed by atoms with Gasteiger partial charge in [0.2, 0.25) is 0 Å². The first-order valence-corrected chi connectivity index (χ1v) is 4.76. The summed E-state index contributed by atoms with van der Waals surface area (Å²) in [5.74, 6) is -0.137. The van der Waals surface area contributed by atoms with Crippen LogP contribution in [0.3, 0.4) is 0 Å². The van der Waals surface area contributed by atoms with Gasteiger partial charge in [0.25, 0.3) is 5.91 Å². The molecule has 0 radical (unpaired) electrons. The summed E-state index contributed by atoms with van der Waals surface area (Å²) in [6.45, 7) is 4.14. The Hall–Kier alpha value is -1.84. The maximum Gasteiger partial charge on any atom is 0.254 e. The van der Waals surface area contributed by atoms with Crippen molar-refractivity contribution in [2.24, 2.45) is 5.73 Å². The molecule has 2 aromatic rings. The molecule has 2 N–H and O–H groups in total. The second-order valence-electron chi connectivity index (χ2n) is 3.78. The molecule has 0 aliphatic heterocycles. The van der Waals surface area contributed by atoms with Gasteiger partial charge in [-0.05, 0) is 17.5 Å². The average molecular weight is 204 g/mol. The van der Waals surface area contributed by atoms with Gasteiger partial charge in [0.05, 0.1) is 0 Å². The van der Waals surface area contributed by atoms with Crippen molar-refractivity contribution in [3.8, 4) is 0 Å². The lowest BCUT2D eigenvalue weighted by Crippen LogP contribution is -2.10. The smallest absolute Gasteiger partial charge is 0.254 e. The van der Waals surface area contributed by atoms with E-state index in [4.69, 9.17) is 10.2 Å². The molecule has 0 unspecified atom stereocenters. The molecule has 0 atom stereocenters. The van der Waals surface area contributed by atoms with E-state index in [9.17, 15) is 4.79 Å². The Morgan fingerprint density at radius 2 is 2.27 bits per heavy atom. The van der Waals surface area contributed by atoms with Gasteiger partial charge in [0.15, 0.2) is 5.58 Å². The average Bonchev–Trinajstić information content (AvgIpc) is 2.59. The summed E-state index contributed by atoms with van der Waals surface area (Å²) in [6.07, 6.45) is 3.10. The third kappa shape index (κ3) is 1.58. The molecule has 0 fully saturated rings. The van der Waals surface area contributed by atoms with Crippen molar-refractivity contribution in [1.29, 1.82) is 0 Å². The van der Waals surface area contributed by atoms with Crippen molar-refractivity contribution in [2.45, 2.75) is 19.8 Å². The number of rotatable bonds is 2. The van der Waals surface area contributed by atoms with Crippen LogP contribution in [-0.4, -0.2) is 10.9 Å². The number of aromatic nitrogens is 1. The molecule has 1 amide bonds. The Morgan fingerprint density at radius 1 is 1.53 bits per heavy atom. The molecule has 2 aromatic heterocycles. The molecule has 0 aliphatic carbocycles. The van der Waals surface area contributed by atoms with Gasteiger partial charge >= 0.3 is 0 Å². The van der Waals surface area contributed by atoms with Gasteiger partial charge < -0.3 is 10.2 Å². The van der Waals surface area contributed by atoms with E-state index in [1.165, 1.54) is 6.26 Å². The maximum absolute atomic E-state index is 11.0. The summed E-state index contributed by atoms with van der Waals surface area (Å²) >= 11 is 0. The zero-order valence-electron chi connectivity index (χ0n) is 8.65. The lowest BCUT2D eigenvalue weighted by atomic mass is 10.1. The maximum atomic E-state index is 11.0. The third-order valence-electron chi connectivity index (χ3n) is 2.36. The van der Waals surface area contributed by atoms with Gasteiger partial charge in [0, 0.05) is 6.20 Å². The summed E-state index contributed by atoms with van der Waals surface area (Å²) in [5.41, 5.74) is 7.73. The number of hydrogen-bond donors (Lipinski definition) is 1. The van der Waals surface area contributed by atoms with E-state index in [1.807, 2.05) is 6.07 Å². The number of amides is 1. The largest absolute Gasteiger partial charge is 0.462 e. The molecule has 4 heteroatoms. The van der Waals surface area contributed by atoms with Crippen molar-refractivity contribution >= 4 is 17.0 Å². The van der Waals surface area contributed by atoms with Gasteiger partial charge in [-0.1, -0.05) is 13.8 Å². The second-order valence-corrected chi connectivity index (χ2v) is 3.78. The fourth-order valence-electron chi connectivity index (χ4n) is 1.42. The highest BCUT2D eigenvalue weighted by Crippen LogP contribution is 2.22. The molecule has 2 rings (SSSR count). The van der Waals surface area contributed by atoms with Crippen molar-refractivity contribution in [3.05, 3.63) is 29.7 Å². The molecule has 0 saturated carbocycles. The number of primary amides is 1. The van der Waals surface area contributed by atoms with Gasteiger partial charge in [-0.2, -0.15) is 0 Å². The Morgan fingerprint density at radius 3 is 2.87 bits per heavy atom. The molecular weight excluding hydrogens is 192 g/mol. The summed E-state index contributed by atoms with van der Waals surface area (Å²) in [7, 11) is 0. The van der Waals surface area contributed by atoms with Crippen molar-refractivity contribution in [2.75, 3.05) is 0 Å². The molecule has 78 valence electrons. The molecule has 0 bridgehead atoms. The highest BCUT2D eigenvalue weighted by Gasteiger charge is 2.13. The fourth-order valence-corrected chi connectivity index (χ4v) is 1.42. The highest BCUT2D eigenvalue weighted by atomic mass is 16.3. The molecular formula is C11H12N2O2. The zero-order valence-corrected chi connectivity index (χ0v) is 8.65. The number of hydrogen-bond acceptors (Lipinski definition) is 3. The number of carbonyl (C=O) groups excluding carboxylic acids is 1. The van der Waals surface area contributed by atoms with E-state index in [-0.39, 0.29) is 0 Å². The van der Waals surface area contributed by atoms with Gasteiger partial charge in [-0.25, -0.2) is 0 Å². The van der Waals surface area contributed by atoms with Crippen molar-refractivity contribution in [3.63, 3.8) is 0 Å². The number of carbonyl (C=O) groups is 1. The topological polar surface area (TPSA) is 69.1 Å². The number of pyridine rings is 1. The third-order valence-corrected chi connectivity index (χ3v) is 2.36. The molecule has 15 heavy (non-hydrogen) atoms. The summed E-state index contributed by atoms with van der Waals surface area (Å²) in [5, 5.41) is 0. The predicted molar refractivity (Wildman–Crippen MR) is 56.6 cm³/mol. The minimum atomic E-state index is -0.515. The van der Waals surface area contributed by atoms with E-state index < -0.39 is 5.91 Å². The standard InChI is InChI=1S/C11H12N2O2/c1-6(2)7-3-9-10(13-4-7)8(5-15-9)11(12)14/h3-6H,1-2H3,(H2,12,14). The Labute approximate surface area is 87.1 Å². The normalized spacial score (nSPS) is 11.1. The number of nitrogens with two attached hydrogens (primary N) is 1. The first kappa shape index (κ1) is 9.71. The fraction of sp³-hybridized carbons (Fsp3) is 0.273. The van der Waals surface area contributed by atoms with Crippen LogP contribution >= 0.6 is 0 Å². The SMILES string of the molecule is CC(C)c1cnc2c(C(N)=O)coc2c1. The lowest BCUT2D eigenvalue weighted by Gasteiger charge is -2.02. The van der Waals surface area contributed by atoms with Gasteiger partial charge in [0.1, 0.15) is 17.3 Å².